The molecule has 0 fully saturated rings. The first-order valence-electron chi connectivity index (χ1n) is 4.30. The number of nitrogens with one attached hydrogen (secondary N) is 1. The molecule has 1 aromatic rings. The van der Waals surface area contributed by atoms with E-state index in [2.05, 4.69) is 21.2 Å². The molecule has 0 saturated carbocycles. The maximum absolute atomic E-state index is 6.00. The van der Waals surface area contributed by atoms with Crippen molar-refractivity contribution < 1.29 is 4.74 Å². The number of halogens is 2. The molecular formula is C10H13BrClNO. The third-order valence-electron chi connectivity index (χ3n) is 2.03. The Morgan fingerprint density at radius 2 is 2.29 bits per heavy atom. The van der Waals surface area contributed by atoms with Crippen LogP contribution < -0.4 is 5.32 Å². The van der Waals surface area contributed by atoms with Gasteiger partial charge in [0.25, 0.3) is 0 Å². The summed E-state index contributed by atoms with van der Waals surface area (Å²) >= 11 is 9.36. The monoisotopic (exact) mass is 277 g/mol. The normalized spacial score (nSPS) is 12.9. The van der Waals surface area contributed by atoms with Crippen LogP contribution in [0.4, 0.5) is 0 Å². The summed E-state index contributed by atoms with van der Waals surface area (Å²) in [5, 5.41) is 3.89. The highest BCUT2D eigenvalue weighted by Crippen LogP contribution is 2.25. The summed E-state index contributed by atoms with van der Waals surface area (Å²) in [6, 6.07) is 6.09. The summed E-state index contributed by atoms with van der Waals surface area (Å²) in [6.07, 6.45) is 0. The van der Waals surface area contributed by atoms with Gasteiger partial charge in [0.05, 0.1) is 17.7 Å². The van der Waals surface area contributed by atoms with E-state index in [1.807, 2.05) is 25.2 Å². The molecule has 0 aliphatic carbocycles. The van der Waals surface area contributed by atoms with Crippen molar-refractivity contribution in [2.45, 2.75) is 6.04 Å². The summed E-state index contributed by atoms with van der Waals surface area (Å²) in [4.78, 5) is 0. The molecule has 0 bridgehead atoms. The average Bonchev–Trinajstić information content (AvgIpc) is 2.19. The van der Waals surface area contributed by atoms with Gasteiger partial charge in [0.2, 0.25) is 0 Å². The first kappa shape index (κ1) is 12.0. The van der Waals surface area contributed by atoms with Crippen LogP contribution in [0.25, 0.3) is 0 Å². The number of ether oxygens (including phenoxy) is 1. The molecule has 78 valence electrons. The average molecular weight is 279 g/mol. The summed E-state index contributed by atoms with van der Waals surface area (Å²) in [6.45, 7) is 0.633. The Labute approximate surface area is 97.7 Å². The molecule has 0 aliphatic rings. The summed E-state index contributed by atoms with van der Waals surface area (Å²) in [5.41, 5.74) is 1.13. The van der Waals surface area contributed by atoms with Gasteiger partial charge < -0.3 is 10.1 Å². The van der Waals surface area contributed by atoms with E-state index in [0.29, 0.717) is 6.61 Å². The van der Waals surface area contributed by atoms with Crippen LogP contribution in [0.1, 0.15) is 11.6 Å². The summed E-state index contributed by atoms with van der Waals surface area (Å²) in [5.74, 6) is 0. The fourth-order valence-corrected chi connectivity index (χ4v) is 1.68. The van der Waals surface area contributed by atoms with Crippen LogP contribution in [0.5, 0.6) is 0 Å². The first-order chi connectivity index (χ1) is 6.69. The lowest BCUT2D eigenvalue weighted by atomic mass is 10.1. The van der Waals surface area contributed by atoms with Crippen molar-refractivity contribution in [3.8, 4) is 0 Å². The molecule has 1 N–H and O–H groups in total. The zero-order valence-corrected chi connectivity index (χ0v) is 10.5. The highest BCUT2D eigenvalue weighted by Gasteiger charge is 2.09. The van der Waals surface area contributed by atoms with Crippen molar-refractivity contribution in [1.82, 2.24) is 5.32 Å². The molecule has 0 heterocycles. The van der Waals surface area contributed by atoms with Gasteiger partial charge in [0.15, 0.2) is 0 Å². The molecule has 14 heavy (non-hydrogen) atoms. The predicted molar refractivity (Wildman–Crippen MR) is 62.8 cm³/mol. The van der Waals surface area contributed by atoms with Crippen LogP contribution in [0, 0.1) is 0 Å². The Morgan fingerprint density at radius 1 is 1.57 bits per heavy atom. The van der Waals surface area contributed by atoms with Crippen molar-refractivity contribution in [3.05, 3.63) is 33.3 Å². The van der Waals surface area contributed by atoms with Gasteiger partial charge in [0.1, 0.15) is 0 Å². The third kappa shape index (κ3) is 2.95. The molecular weight excluding hydrogens is 265 g/mol. The molecule has 0 aromatic heterocycles. The van der Waals surface area contributed by atoms with Crippen LogP contribution in [0.2, 0.25) is 5.02 Å². The smallest absolute Gasteiger partial charge is 0.0657 e. The number of hydrogen-bond acceptors (Lipinski definition) is 2. The molecule has 0 spiro atoms. The van der Waals surface area contributed by atoms with Crippen molar-refractivity contribution in [1.29, 1.82) is 0 Å². The lowest BCUT2D eigenvalue weighted by Gasteiger charge is -2.15. The Balaban J connectivity index is 2.88. The number of hydrogen-bond donors (Lipinski definition) is 1. The van der Waals surface area contributed by atoms with Gasteiger partial charge in [-0.3, -0.25) is 0 Å². The van der Waals surface area contributed by atoms with E-state index in [0.717, 1.165) is 15.1 Å². The van der Waals surface area contributed by atoms with Crippen LogP contribution in [0.3, 0.4) is 0 Å². The largest absolute Gasteiger partial charge is 0.383 e. The fraction of sp³-hybridized carbons (Fsp3) is 0.400. The van der Waals surface area contributed by atoms with Gasteiger partial charge in [-0.1, -0.05) is 17.7 Å². The molecule has 1 aromatic carbocycles. The Bertz CT molecular complexity index is 306. The molecule has 1 rings (SSSR count). The number of rotatable bonds is 4. The fourth-order valence-electron chi connectivity index (χ4n) is 1.24. The Kier molecular flexibility index (Phi) is 4.89. The minimum absolute atomic E-state index is 0.186. The van der Waals surface area contributed by atoms with E-state index >= 15 is 0 Å². The molecule has 0 amide bonds. The second-order valence-corrected chi connectivity index (χ2v) is 4.23. The summed E-state index contributed by atoms with van der Waals surface area (Å²) in [7, 11) is 3.59. The number of methoxy groups -OCH3 is 1. The quantitative estimate of drug-likeness (QED) is 0.914. The second kappa shape index (κ2) is 5.71. The predicted octanol–water partition coefficient (Wildman–Crippen LogP) is 3.01. The first-order valence-corrected chi connectivity index (χ1v) is 5.47. The van der Waals surface area contributed by atoms with Gasteiger partial charge in [-0.25, -0.2) is 0 Å². The minimum atomic E-state index is 0.186. The topological polar surface area (TPSA) is 21.3 Å². The molecule has 4 heteroatoms. The van der Waals surface area contributed by atoms with Crippen LogP contribution in [0.15, 0.2) is 22.7 Å². The zero-order valence-electron chi connectivity index (χ0n) is 8.18. The SMILES string of the molecule is CNC(COC)c1ccc(Br)c(Cl)c1. The summed E-state index contributed by atoms with van der Waals surface area (Å²) < 4.78 is 6.01. The lowest BCUT2D eigenvalue weighted by Crippen LogP contribution is -2.20. The highest BCUT2D eigenvalue weighted by molar-refractivity contribution is 9.10. The minimum Gasteiger partial charge on any atom is -0.383 e. The Hall–Kier alpha value is -0.0900. The van der Waals surface area contributed by atoms with Crippen LogP contribution in [-0.2, 0) is 4.74 Å². The van der Waals surface area contributed by atoms with E-state index in [4.69, 9.17) is 16.3 Å². The third-order valence-corrected chi connectivity index (χ3v) is 3.26. The maximum Gasteiger partial charge on any atom is 0.0657 e. The lowest BCUT2D eigenvalue weighted by molar-refractivity contribution is 0.170. The molecule has 1 unspecified atom stereocenters. The van der Waals surface area contributed by atoms with E-state index in [1.54, 1.807) is 7.11 Å². The molecule has 0 saturated heterocycles. The van der Waals surface area contributed by atoms with Gasteiger partial charge in [-0.2, -0.15) is 0 Å². The van der Waals surface area contributed by atoms with Gasteiger partial charge >= 0.3 is 0 Å². The van der Waals surface area contributed by atoms with Gasteiger partial charge in [-0.05, 0) is 40.7 Å². The van der Waals surface area contributed by atoms with Crippen molar-refractivity contribution >= 4 is 27.5 Å². The molecule has 1 atom stereocenters. The number of likely N-dealkylation sites (N-methyl/N-ethyl adjacent to an activating group) is 1. The molecule has 2 nitrogen and oxygen atoms in total. The van der Waals surface area contributed by atoms with Crippen molar-refractivity contribution in [3.63, 3.8) is 0 Å². The van der Waals surface area contributed by atoms with E-state index in [-0.39, 0.29) is 6.04 Å². The van der Waals surface area contributed by atoms with E-state index in [9.17, 15) is 0 Å². The Morgan fingerprint density at radius 3 is 2.79 bits per heavy atom. The standard InChI is InChI=1S/C10H13BrClNO/c1-13-10(6-14-2)7-3-4-8(11)9(12)5-7/h3-5,10,13H,6H2,1-2H3. The second-order valence-electron chi connectivity index (χ2n) is 2.97. The number of benzene rings is 1. The van der Waals surface area contributed by atoms with Crippen LogP contribution >= 0.6 is 27.5 Å². The zero-order chi connectivity index (χ0) is 10.6. The highest BCUT2D eigenvalue weighted by atomic mass is 79.9. The van der Waals surface area contributed by atoms with E-state index < -0.39 is 0 Å². The maximum atomic E-state index is 6.00. The van der Waals surface area contributed by atoms with Crippen LogP contribution in [-0.4, -0.2) is 20.8 Å². The van der Waals surface area contributed by atoms with Gasteiger partial charge in [-0.15, -0.1) is 0 Å². The van der Waals surface area contributed by atoms with Crippen molar-refractivity contribution in [2.24, 2.45) is 0 Å². The van der Waals surface area contributed by atoms with Crippen molar-refractivity contribution in [2.75, 3.05) is 20.8 Å². The molecule has 0 aliphatic heterocycles. The van der Waals surface area contributed by atoms with E-state index in [1.165, 1.54) is 0 Å². The van der Waals surface area contributed by atoms with Gasteiger partial charge in [0, 0.05) is 11.6 Å². The molecule has 0 radical (unpaired) electrons.